The second kappa shape index (κ2) is 5.47. The van der Waals surface area contributed by atoms with Gasteiger partial charge in [-0.25, -0.2) is 0 Å². The van der Waals surface area contributed by atoms with Gasteiger partial charge in [-0.05, 0) is 72.5 Å². The molecule has 0 radical (unpaired) electrons. The summed E-state index contributed by atoms with van der Waals surface area (Å²) in [5.74, 6) is 0.880. The summed E-state index contributed by atoms with van der Waals surface area (Å²) in [5.41, 5.74) is 1.45. The zero-order valence-corrected chi connectivity index (χ0v) is 13.1. The van der Waals surface area contributed by atoms with Gasteiger partial charge in [0.15, 0.2) is 0 Å². The van der Waals surface area contributed by atoms with Crippen molar-refractivity contribution in [3.63, 3.8) is 0 Å². The predicted molar refractivity (Wildman–Crippen MR) is 83.7 cm³/mol. The van der Waals surface area contributed by atoms with E-state index in [4.69, 9.17) is 0 Å². The Kier molecular flexibility index (Phi) is 3.91. The minimum atomic E-state index is 0.550. The number of nitrogens with zero attached hydrogens (tertiary/aromatic N) is 1. The van der Waals surface area contributed by atoms with Gasteiger partial charge >= 0.3 is 0 Å². The maximum absolute atomic E-state index is 3.68. The van der Waals surface area contributed by atoms with E-state index in [1.807, 2.05) is 0 Å². The average molecular weight is 356 g/mol. The van der Waals surface area contributed by atoms with Crippen LogP contribution in [0.3, 0.4) is 0 Å². The fraction of sp³-hybridized carbons (Fsp3) is 0.600. The molecule has 3 heteroatoms. The lowest BCUT2D eigenvalue weighted by atomic mass is 9.94. The minimum Gasteiger partial charge on any atom is -0.312 e. The monoisotopic (exact) mass is 356 g/mol. The van der Waals surface area contributed by atoms with E-state index in [9.17, 15) is 0 Å². The molecule has 1 aromatic rings. The van der Waals surface area contributed by atoms with E-state index in [0.29, 0.717) is 6.04 Å². The van der Waals surface area contributed by atoms with Crippen molar-refractivity contribution in [1.29, 1.82) is 0 Å². The summed E-state index contributed by atoms with van der Waals surface area (Å²) in [5, 5.41) is 3.68. The first-order valence-corrected chi connectivity index (χ1v) is 8.05. The summed E-state index contributed by atoms with van der Waals surface area (Å²) in [6.07, 6.45) is 2.76. The molecule has 2 nitrogen and oxygen atoms in total. The Morgan fingerprint density at radius 2 is 2.06 bits per heavy atom. The highest BCUT2D eigenvalue weighted by Crippen LogP contribution is 2.31. The van der Waals surface area contributed by atoms with Gasteiger partial charge in [-0.3, -0.25) is 4.90 Å². The summed E-state index contributed by atoms with van der Waals surface area (Å²) >= 11 is 2.37. The quantitative estimate of drug-likeness (QED) is 0.820. The van der Waals surface area contributed by atoms with Gasteiger partial charge in [-0.2, -0.15) is 0 Å². The SMILES string of the molecule is CC(c1ccc(I)cc1)N1C[C@@H]2CCCN[C@@H]2C1. The summed E-state index contributed by atoms with van der Waals surface area (Å²) in [7, 11) is 0. The van der Waals surface area contributed by atoms with Crippen LogP contribution in [0, 0.1) is 9.49 Å². The molecular formula is C15H21IN2. The highest BCUT2D eigenvalue weighted by atomic mass is 127. The van der Waals surface area contributed by atoms with E-state index in [1.165, 1.54) is 41.6 Å². The topological polar surface area (TPSA) is 15.3 Å². The van der Waals surface area contributed by atoms with Crippen LogP contribution in [0.1, 0.15) is 31.4 Å². The smallest absolute Gasteiger partial charge is 0.0320 e. The van der Waals surface area contributed by atoms with Gasteiger partial charge in [0.25, 0.3) is 0 Å². The van der Waals surface area contributed by atoms with Crippen molar-refractivity contribution in [2.24, 2.45) is 5.92 Å². The lowest BCUT2D eigenvalue weighted by Gasteiger charge is -2.25. The molecule has 98 valence electrons. The molecule has 1 aromatic carbocycles. The molecule has 0 bridgehead atoms. The summed E-state index contributed by atoms with van der Waals surface area (Å²) in [4.78, 5) is 2.65. The van der Waals surface area contributed by atoms with E-state index >= 15 is 0 Å². The van der Waals surface area contributed by atoms with E-state index in [-0.39, 0.29) is 0 Å². The maximum atomic E-state index is 3.68. The Labute approximate surface area is 123 Å². The molecule has 0 saturated carbocycles. The van der Waals surface area contributed by atoms with Crippen LogP contribution >= 0.6 is 22.6 Å². The number of halogens is 1. The van der Waals surface area contributed by atoms with Gasteiger partial charge in [0.05, 0.1) is 0 Å². The molecule has 0 amide bonds. The normalized spacial score (nSPS) is 30.1. The number of benzene rings is 1. The van der Waals surface area contributed by atoms with Crippen molar-refractivity contribution in [2.45, 2.75) is 31.8 Å². The molecule has 1 unspecified atom stereocenters. The zero-order valence-electron chi connectivity index (χ0n) is 10.9. The summed E-state index contributed by atoms with van der Waals surface area (Å²) in [6.45, 7) is 6.05. The van der Waals surface area contributed by atoms with Crippen LogP contribution < -0.4 is 5.32 Å². The Morgan fingerprint density at radius 3 is 2.78 bits per heavy atom. The molecule has 2 heterocycles. The third kappa shape index (κ3) is 2.58. The molecule has 3 atom stereocenters. The van der Waals surface area contributed by atoms with Crippen LogP contribution in [0.5, 0.6) is 0 Å². The van der Waals surface area contributed by atoms with Gasteiger partial charge in [0, 0.05) is 28.7 Å². The third-order valence-electron chi connectivity index (χ3n) is 4.53. The van der Waals surface area contributed by atoms with Crippen molar-refractivity contribution in [1.82, 2.24) is 10.2 Å². The van der Waals surface area contributed by atoms with Crippen LogP contribution in [0.15, 0.2) is 24.3 Å². The number of likely N-dealkylation sites (tertiary alicyclic amines) is 1. The van der Waals surface area contributed by atoms with E-state index in [1.54, 1.807) is 0 Å². The summed E-state index contributed by atoms with van der Waals surface area (Å²) in [6, 6.07) is 10.3. The standard InChI is InChI=1S/C15H21IN2/c1-11(12-4-6-14(16)7-5-12)18-9-13-3-2-8-17-15(13)10-18/h4-7,11,13,15,17H,2-3,8-10H2,1H3/t11?,13-,15+/m0/s1. The van der Waals surface area contributed by atoms with Gasteiger partial charge in [0.1, 0.15) is 0 Å². The van der Waals surface area contributed by atoms with Gasteiger partial charge in [-0.15, -0.1) is 0 Å². The van der Waals surface area contributed by atoms with Crippen LogP contribution in [0.25, 0.3) is 0 Å². The molecule has 3 rings (SSSR count). The lowest BCUT2D eigenvalue weighted by molar-refractivity contribution is 0.251. The number of hydrogen-bond acceptors (Lipinski definition) is 2. The Balaban J connectivity index is 1.70. The molecule has 0 aromatic heterocycles. The van der Waals surface area contributed by atoms with Gasteiger partial charge < -0.3 is 5.32 Å². The van der Waals surface area contributed by atoms with E-state index in [2.05, 4.69) is 64.0 Å². The molecule has 0 aliphatic carbocycles. The summed E-state index contributed by atoms with van der Waals surface area (Å²) < 4.78 is 1.32. The molecule has 1 N–H and O–H groups in total. The first kappa shape index (κ1) is 12.9. The van der Waals surface area contributed by atoms with E-state index < -0.39 is 0 Å². The fourth-order valence-corrected chi connectivity index (χ4v) is 3.71. The first-order chi connectivity index (χ1) is 8.74. The molecule has 2 saturated heterocycles. The van der Waals surface area contributed by atoms with Gasteiger partial charge in [-0.1, -0.05) is 12.1 Å². The molecular weight excluding hydrogens is 335 g/mol. The van der Waals surface area contributed by atoms with Crippen molar-refractivity contribution in [3.8, 4) is 0 Å². The number of piperidine rings is 1. The van der Waals surface area contributed by atoms with Crippen LogP contribution in [-0.4, -0.2) is 30.6 Å². The molecule has 18 heavy (non-hydrogen) atoms. The molecule has 2 fully saturated rings. The molecule has 2 aliphatic heterocycles. The first-order valence-electron chi connectivity index (χ1n) is 6.97. The number of fused-ring (bicyclic) bond motifs is 1. The van der Waals surface area contributed by atoms with Gasteiger partial charge in [0.2, 0.25) is 0 Å². The average Bonchev–Trinajstić information content (AvgIpc) is 2.82. The second-order valence-electron chi connectivity index (χ2n) is 5.64. The van der Waals surface area contributed by atoms with Crippen LogP contribution in [-0.2, 0) is 0 Å². The Hall–Kier alpha value is -0.130. The number of hydrogen-bond donors (Lipinski definition) is 1. The Bertz CT molecular complexity index is 389. The molecule has 2 aliphatic rings. The highest BCUT2D eigenvalue weighted by Gasteiger charge is 2.36. The van der Waals surface area contributed by atoms with Crippen molar-refractivity contribution >= 4 is 22.6 Å². The minimum absolute atomic E-state index is 0.550. The molecule has 0 spiro atoms. The van der Waals surface area contributed by atoms with E-state index in [0.717, 1.165) is 12.0 Å². The fourth-order valence-electron chi connectivity index (χ4n) is 3.35. The third-order valence-corrected chi connectivity index (χ3v) is 5.25. The lowest BCUT2D eigenvalue weighted by Crippen LogP contribution is -2.40. The number of nitrogens with one attached hydrogen (secondary N) is 1. The maximum Gasteiger partial charge on any atom is 0.0320 e. The van der Waals surface area contributed by atoms with Crippen molar-refractivity contribution in [3.05, 3.63) is 33.4 Å². The van der Waals surface area contributed by atoms with Crippen LogP contribution in [0.4, 0.5) is 0 Å². The van der Waals surface area contributed by atoms with Crippen molar-refractivity contribution < 1.29 is 0 Å². The zero-order chi connectivity index (χ0) is 12.5. The second-order valence-corrected chi connectivity index (χ2v) is 6.89. The largest absolute Gasteiger partial charge is 0.312 e. The predicted octanol–water partition coefficient (Wildman–Crippen LogP) is 3.04. The Morgan fingerprint density at radius 1 is 1.28 bits per heavy atom. The highest BCUT2D eigenvalue weighted by molar-refractivity contribution is 14.1. The van der Waals surface area contributed by atoms with Crippen LogP contribution in [0.2, 0.25) is 0 Å². The number of rotatable bonds is 2. The van der Waals surface area contributed by atoms with Crippen molar-refractivity contribution in [2.75, 3.05) is 19.6 Å².